The summed E-state index contributed by atoms with van der Waals surface area (Å²) in [6, 6.07) is 7.44. The van der Waals surface area contributed by atoms with Crippen LogP contribution in [0.3, 0.4) is 0 Å². The second kappa shape index (κ2) is 7.54. The molecular weight excluding hydrogens is 444 g/mol. The Hall–Kier alpha value is -2.56. The van der Waals surface area contributed by atoms with Crippen LogP contribution in [0.1, 0.15) is 44.2 Å². The molecule has 2 aromatic carbocycles. The summed E-state index contributed by atoms with van der Waals surface area (Å²) in [5.41, 5.74) is 4.42. The fourth-order valence-electron chi connectivity index (χ4n) is 3.86. The minimum absolute atomic E-state index is 0.0325. The molecule has 10 heteroatoms. The van der Waals surface area contributed by atoms with Gasteiger partial charge in [0.2, 0.25) is 10.0 Å². The second-order valence-electron chi connectivity index (χ2n) is 7.52. The third-order valence-electron chi connectivity index (χ3n) is 5.13. The summed E-state index contributed by atoms with van der Waals surface area (Å²) in [5, 5.41) is 8.57. The van der Waals surface area contributed by atoms with Crippen molar-refractivity contribution in [2.75, 3.05) is 5.32 Å². The number of anilines is 2. The van der Waals surface area contributed by atoms with E-state index in [0.29, 0.717) is 12.1 Å². The lowest BCUT2D eigenvalue weighted by Gasteiger charge is -2.17. The van der Waals surface area contributed by atoms with Crippen molar-refractivity contribution in [1.29, 1.82) is 0 Å². The minimum Gasteiger partial charge on any atom is -0.431 e. The van der Waals surface area contributed by atoms with Gasteiger partial charge in [0, 0.05) is 12.8 Å². The van der Waals surface area contributed by atoms with Crippen LogP contribution in [0.4, 0.5) is 19.6 Å². The molecule has 164 valence electrons. The van der Waals surface area contributed by atoms with Gasteiger partial charge in [-0.05, 0) is 48.7 Å². The lowest BCUT2D eigenvalue weighted by molar-refractivity contribution is -0.158. The van der Waals surface area contributed by atoms with Gasteiger partial charge >= 0.3 is 6.11 Å². The molecule has 0 saturated carbocycles. The first-order chi connectivity index (χ1) is 14.5. The number of nitrogens with one attached hydrogen (secondary N) is 1. The quantitative estimate of drug-likeness (QED) is 0.495. The number of thiazole rings is 1. The molecule has 1 unspecified atom stereocenters. The molecule has 4 rings (SSSR count). The number of benzene rings is 2. The first kappa shape index (κ1) is 21.7. The second-order valence-corrected chi connectivity index (χ2v) is 10.1. The van der Waals surface area contributed by atoms with E-state index in [9.17, 15) is 17.2 Å². The van der Waals surface area contributed by atoms with Crippen LogP contribution in [-0.4, -0.2) is 19.5 Å². The highest BCUT2D eigenvalue weighted by Gasteiger charge is 2.27. The molecule has 0 bridgehead atoms. The van der Waals surface area contributed by atoms with Crippen molar-refractivity contribution in [2.45, 2.75) is 44.1 Å². The van der Waals surface area contributed by atoms with Gasteiger partial charge in [-0.3, -0.25) is 0 Å². The highest BCUT2D eigenvalue weighted by atomic mass is 32.2. The predicted octanol–water partition coefficient (Wildman–Crippen LogP) is 5.59. The molecule has 0 amide bonds. The molecule has 6 nitrogen and oxygen atoms in total. The highest BCUT2D eigenvalue weighted by Crippen LogP contribution is 2.44. The van der Waals surface area contributed by atoms with Crippen molar-refractivity contribution in [1.82, 2.24) is 4.98 Å². The van der Waals surface area contributed by atoms with E-state index in [-0.39, 0.29) is 22.3 Å². The van der Waals surface area contributed by atoms with Crippen molar-refractivity contribution in [3.63, 3.8) is 0 Å². The zero-order valence-electron chi connectivity index (χ0n) is 17.1. The van der Waals surface area contributed by atoms with Crippen LogP contribution in [0.25, 0.3) is 16.3 Å². The number of rotatable bonds is 6. The summed E-state index contributed by atoms with van der Waals surface area (Å²) in [7, 11) is -4.03. The van der Waals surface area contributed by atoms with Crippen LogP contribution in [-0.2, 0) is 10.0 Å². The van der Waals surface area contributed by atoms with Gasteiger partial charge in [-0.15, -0.1) is 0 Å². The van der Waals surface area contributed by atoms with E-state index in [4.69, 9.17) is 14.9 Å². The van der Waals surface area contributed by atoms with Gasteiger partial charge in [0.15, 0.2) is 5.13 Å². The Labute approximate surface area is 182 Å². The Morgan fingerprint density at radius 1 is 1.29 bits per heavy atom. The van der Waals surface area contributed by atoms with Gasteiger partial charge in [0.25, 0.3) is 0 Å². The zero-order chi connectivity index (χ0) is 22.6. The fourth-order valence-corrected chi connectivity index (χ4v) is 5.29. The molecule has 3 aromatic rings. The SMILES string of the molecule is CCC1C(C)=Cc2ccc3sc(Nc4cc(S(N)(=O)=O)ccc4OC(C)(F)F)nc3c21. The molecule has 0 aliphatic heterocycles. The van der Waals surface area contributed by atoms with Crippen LogP contribution < -0.4 is 15.2 Å². The molecule has 3 N–H and O–H groups in total. The largest absolute Gasteiger partial charge is 0.431 e. The number of nitrogens with two attached hydrogens (primary N) is 1. The first-order valence-electron chi connectivity index (χ1n) is 9.58. The number of sulfonamides is 1. The lowest BCUT2D eigenvalue weighted by atomic mass is 9.93. The Morgan fingerprint density at radius 2 is 2.03 bits per heavy atom. The summed E-state index contributed by atoms with van der Waals surface area (Å²) in [5.74, 6) is 0.0605. The number of allylic oxidation sites excluding steroid dienone is 1. The van der Waals surface area contributed by atoms with Crippen molar-refractivity contribution >= 4 is 48.5 Å². The Kier molecular flexibility index (Phi) is 5.27. The van der Waals surface area contributed by atoms with Crippen molar-refractivity contribution in [2.24, 2.45) is 5.14 Å². The summed E-state index contributed by atoms with van der Waals surface area (Å²) in [4.78, 5) is 4.46. The highest BCUT2D eigenvalue weighted by molar-refractivity contribution is 7.89. The standard InChI is InChI=1S/C21H21F2N3O3S2/c1-4-14-11(2)9-12-5-8-17-19(18(12)14)26-20(30-17)25-15-10-13(31(24,27)28)6-7-16(15)29-21(3,22)23/h5-10,14H,4H2,1-3H3,(H,25,26)(H2,24,27,28). The van der Waals surface area contributed by atoms with Gasteiger partial charge < -0.3 is 10.1 Å². The molecular formula is C21H21F2N3O3S2. The molecule has 0 fully saturated rings. The molecule has 1 aliphatic carbocycles. The molecule has 0 saturated heterocycles. The Morgan fingerprint density at radius 3 is 2.68 bits per heavy atom. The summed E-state index contributed by atoms with van der Waals surface area (Å²) in [6.07, 6.45) is -0.361. The maximum atomic E-state index is 13.5. The van der Waals surface area contributed by atoms with E-state index in [2.05, 4.69) is 25.2 Å². The van der Waals surface area contributed by atoms with E-state index >= 15 is 0 Å². The van der Waals surface area contributed by atoms with Crippen LogP contribution in [0, 0.1) is 0 Å². The number of primary sulfonamides is 1. The number of alkyl halides is 2. The first-order valence-corrected chi connectivity index (χ1v) is 11.9. The maximum absolute atomic E-state index is 13.5. The molecule has 1 aliphatic rings. The van der Waals surface area contributed by atoms with E-state index in [1.165, 1.54) is 16.9 Å². The molecule has 1 atom stereocenters. The zero-order valence-corrected chi connectivity index (χ0v) is 18.7. The predicted molar refractivity (Wildman–Crippen MR) is 119 cm³/mol. The van der Waals surface area contributed by atoms with Gasteiger partial charge in [-0.1, -0.05) is 36.0 Å². The van der Waals surface area contributed by atoms with Gasteiger partial charge in [-0.25, -0.2) is 18.5 Å². The third kappa shape index (κ3) is 4.28. The number of hydrogen-bond donors (Lipinski definition) is 2. The molecule has 0 radical (unpaired) electrons. The molecule has 0 spiro atoms. The molecule has 31 heavy (non-hydrogen) atoms. The number of nitrogens with zero attached hydrogens (tertiary/aromatic N) is 1. The van der Waals surface area contributed by atoms with Crippen LogP contribution in [0.15, 0.2) is 40.8 Å². The Balaban J connectivity index is 1.78. The fraction of sp³-hybridized carbons (Fsp3) is 0.286. The van der Waals surface area contributed by atoms with E-state index in [1.807, 2.05) is 12.1 Å². The number of fused-ring (bicyclic) bond motifs is 3. The number of ether oxygens (including phenoxy) is 1. The third-order valence-corrected chi connectivity index (χ3v) is 6.98. The van der Waals surface area contributed by atoms with Gasteiger partial charge in [0.05, 0.1) is 20.8 Å². The average molecular weight is 466 g/mol. The molecule has 1 aromatic heterocycles. The maximum Gasteiger partial charge on any atom is 0.394 e. The lowest BCUT2D eigenvalue weighted by Crippen LogP contribution is -2.20. The van der Waals surface area contributed by atoms with Crippen molar-refractivity contribution in [3.05, 3.63) is 47.0 Å². The monoisotopic (exact) mass is 465 g/mol. The average Bonchev–Trinajstić information content (AvgIpc) is 3.20. The van der Waals surface area contributed by atoms with Gasteiger partial charge in [-0.2, -0.15) is 8.78 Å². The van der Waals surface area contributed by atoms with Gasteiger partial charge in [0.1, 0.15) is 5.75 Å². The summed E-state index contributed by atoms with van der Waals surface area (Å²) in [6.45, 7) is 4.82. The smallest absolute Gasteiger partial charge is 0.394 e. The van der Waals surface area contributed by atoms with Crippen molar-refractivity contribution < 1.29 is 21.9 Å². The van der Waals surface area contributed by atoms with E-state index in [1.54, 1.807) is 0 Å². The summed E-state index contributed by atoms with van der Waals surface area (Å²) >= 11 is 1.34. The van der Waals surface area contributed by atoms with Crippen LogP contribution >= 0.6 is 11.3 Å². The summed E-state index contributed by atoms with van der Waals surface area (Å²) < 4.78 is 56.1. The van der Waals surface area contributed by atoms with Crippen molar-refractivity contribution in [3.8, 4) is 5.75 Å². The number of hydrogen-bond acceptors (Lipinski definition) is 6. The van der Waals surface area contributed by atoms with Crippen LogP contribution in [0.2, 0.25) is 0 Å². The minimum atomic E-state index is -4.03. The van der Waals surface area contributed by atoms with E-state index in [0.717, 1.165) is 46.0 Å². The number of halogens is 2. The molecule has 1 heterocycles. The Bertz CT molecular complexity index is 1310. The number of aromatic nitrogens is 1. The van der Waals surface area contributed by atoms with E-state index < -0.39 is 16.1 Å². The normalized spacial score (nSPS) is 16.3. The van der Waals surface area contributed by atoms with Crippen LogP contribution in [0.5, 0.6) is 5.75 Å². The topological polar surface area (TPSA) is 94.3 Å².